The quantitative estimate of drug-likeness (QED) is 0.791. The van der Waals surface area contributed by atoms with Gasteiger partial charge in [-0.3, -0.25) is 0 Å². The maximum atomic E-state index is 14.0. The molecule has 2 unspecified atom stereocenters. The first kappa shape index (κ1) is 11.0. The zero-order valence-corrected chi connectivity index (χ0v) is 10.1. The summed E-state index contributed by atoms with van der Waals surface area (Å²) in [6.45, 7) is 1.54. The van der Waals surface area contributed by atoms with Gasteiger partial charge in [0.2, 0.25) is 0 Å². The molecule has 3 rings (SSSR count). The zero-order valence-electron chi connectivity index (χ0n) is 9.32. The zero-order chi connectivity index (χ0) is 11.9. The predicted molar refractivity (Wildman–Crippen MR) is 68.5 cm³/mol. The van der Waals surface area contributed by atoms with Gasteiger partial charge in [-0.05, 0) is 6.07 Å². The summed E-state index contributed by atoms with van der Waals surface area (Å²) in [7, 11) is 0. The largest absolute Gasteiger partial charge is 0.379 e. The molecule has 0 amide bonds. The summed E-state index contributed by atoms with van der Waals surface area (Å²) in [5, 5.41) is 3.87. The highest BCUT2D eigenvalue weighted by atomic mass is 32.2. The molecule has 3 nitrogen and oxygen atoms in total. The van der Waals surface area contributed by atoms with Crippen molar-refractivity contribution in [1.29, 1.82) is 0 Å². The van der Waals surface area contributed by atoms with Crippen molar-refractivity contribution in [2.24, 2.45) is 16.6 Å². The molecule has 0 aromatic heterocycles. The van der Waals surface area contributed by atoms with Crippen LogP contribution >= 0.6 is 11.8 Å². The van der Waals surface area contributed by atoms with Crippen molar-refractivity contribution in [2.45, 2.75) is 5.54 Å². The van der Waals surface area contributed by atoms with Crippen LogP contribution in [0.25, 0.3) is 0 Å². The van der Waals surface area contributed by atoms with Crippen LogP contribution in [0.3, 0.4) is 0 Å². The molecular formula is C12H14FN3S. The summed E-state index contributed by atoms with van der Waals surface area (Å²) >= 11 is 1.56. The molecule has 2 aliphatic rings. The SMILES string of the molecule is NC1=NC2(c3ccccc3F)CNCC2CS1. The summed E-state index contributed by atoms with van der Waals surface area (Å²) in [6.07, 6.45) is 0. The standard InChI is InChI=1S/C12H14FN3S/c13-10-4-2-1-3-9(10)12-7-15-5-8(12)6-17-11(14)16-12/h1-4,8,15H,5-7H2,(H2,14,16). The van der Waals surface area contributed by atoms with Crippen LogP contribution in [0.4, 0.5) is 4.39 Å². The highest BCUT2D eigenvalue weighted by Gasteiger charge is 2.47. The number of halogens is 1. The number of fused-ring (bicyclic) bond motifs is 1. The molecule has 2 heterocycles. The van der Waals surface area contributed by atoms with Crippen molar-refractivity contribution in [3.05, 3.63) is 35.6 Å². The molecule has 2 atom stereocenters. The van der Waals surface area contributed by atoms with Crippen LogP contribution in [0, 0.1) is 11.7 Å². The molecule has 1 fully saturated rings. The third-order valence-electron chi connectivity index (χ3n) is 3.54. The molecular weight excluding hydrogens is 237 g/mol. The lowest BCUT2D eigenvalue weighted by atomic mass is 9.81. The van der Waals surface area contributed by atoms with E-state index < -0.39 is 5.54 Å². The topological polar surface area (TPSA) is 50.4 Å². The minimum Gasteiger partial charge on any atom is -0.379 e. The number of nitrogens with zero attached hydrogens (tertiary/aromatic N) is 1. The number of hydrogen-bond donors (Lipinski definition) is 2. The van der Waals surface area contributed by atoms with E-state index in [4.69, 9.17) is 5.73 Å². The Hall–Kier alpha value is -1.07. The fourth-order valence-corrected chi connectivity index (χ4v) is 3.67. The second-order valence-corrected chi connectivity index (χ2v) is 5.53. The van der Waals surface area contributed by atoms with Crippen molar-refractivity contribution >= 4 is 16.9 Å². The first-order chi connectivity index (χ1) is 8.22. The van der Waals surface area contributed by atoms with Gasteiger partial charge < -0.3 is 11.1 Å². The van der Waals surface area contributed by atoms with Gasteiger partial charge in [-0.25, -0.2) is 9.38 Å². The average molecular weight is 251 g/mol. The molecule has 1 saturated heterocycles. The Morgan fingerprint density at radius 3 is 3.12 bits per heavy atom. The summed E-state index contributed by atoms with van der Waals surface area (Å²) in [5.74, 6) is 1.03. The second kappa shape index (κ2) is 3.99. The summed E-state index contributed by atoms with van der Waals surface area (Å²) < 4.78 is 14.0. The van der Waals surface area contributed by atoms with Crippen molar-refractivity contribution in [2.75, 3.05) is 18.8 Å². The molecule has 17 heavy (non-hydrogen) atoms. The van der Waals surface area contributed by atoms with E-state index in [1.807, 2.05) is 12.1 Å². The number of benzene rings is 1. The van der Waals surface area contributed by atoms with Gasteiger partial charge in [0, 0.05) is 30.3 Å². The highest BCUT2D eigenvalue weighted by Crippen LogP contribution is 2.43. The van der Waals surface area contributed by atoms with Gasteiger partial charge in [-0.2, -0.15) is 0 Å². The number of nitrogens with two attached hydrogens (primary N) is 1. The lowest BCUT2D eigenvalue weighted by molar-refractivity contribution is 0.370. The van der Waals surface area contributed by atoms with Crippen LogP contribution in [-0.4, -0.2) is 24.0 Å². The Labute approximate surface area is 104 Å². The first-order valence-corrected chi connectivity index (χ1v) is 6.65. The molecule has 0 radical (unpaired) electrons. The molecule has 1 aromatic rings. The van der Waals surface area contributed by atoms with Crippen LogP contribution in [-0.2, 0) is 5.54 Å². The Morgan fingerprint density at radius 2 is 2.29 bits per heavy atom. The second-order valence-electron chi connectivity index (χ2n) is 4.49. The van der Waals surface area contributed by atoms with Crippen molar-refractivity contribution in [3.8, 4) is 0 Å². The van der Waals surface area contributed by atoms with Gasteiger partial charge in [0.1, 0.15) is 11.4 Å². The normalized spacial score (nSPS) is 32.1. The Balaban J connectivity index is 2.15. The van der Waals surface area contributed by atoms with E-state index in [1.54, 1.807) is 17.8 Å². The number of nitrogens with one attached hydrogen (secondary N) is 1. The molecule has 3 N–H and O–H groups in total. The van der Waals surface area contributed by atoms with Crippen LogP contribution in [0.5, 0.6) is 0 Å². The third-order valence-corrected chi connectivity index (χ3v) is 4.50. The fourth-order valence-electron chi connectivity index (χ4n) is 2.68. The number of aliphatic imine (C=N–C) groups is 1. The van der Waals surface area contributed by atoms with Crippen LogP contribution < -0.4 is 11.1 Å². The maximum Gasteiger partial charge on any atom is 0.154 e. The smallest absolute Gasteiger partial charge is 0.154 e. The van der Waals surface area contributed by atoms with Crippen LogP contribution in [0.1, 0.15) is 5.56 Å². The highest BCUT2D eigenvalue weighted by molar-refractivity contribution is 8.13. The summed E-state index contributed by atoms with van der Waals surface area (Å²) in [6, 6.07) is 6.88. The van der Waals surface area contributed by atoms with E-state index in [1.165, 1.54) is 6.07 Å². The predicted octanol–water partition coefficient (Wildman–Crippen LogP) is 1.30. The Bertz CT molecular complexity index is 477. The van der Waals surface area contributed by atoms with Gasteiger partial charge in [-0.15, -0.1) is 0 Å². The molecule has 90 valence electrons. The van der Waals surface area contributed by atoms with Gasteiger partial charge in [0.15, 0.2) is 5.17 Å². The minimum absolute atomic E-state index is 0.190. The number of amidine groups is 1. The van der Waals surface area contributed by atoms with Gasteiger partial charge in [0.25, 0.3) is 0 Å². The van der Waals surface area contributed by atoms with Crippen LogP contribution in [0.2, 0.25) is 0 Å². The van der Waals surface area contributed by atoms with E-state index in [0.717, 1.165) is 12.3 Å². The molecule has 5 heteroatoms. The molecule has 0 aliphatic carbocycles. The van der Waals surface area contributed by atoms with E-state index in [9.17, 15) is 4.39 Å². The lowest BCUT2D eigenvalue weighted by Crippen LogP contribution is -2.40. The summed E-state index contributed by atoms with van der Waals surface area (Å²) in [5.41, 5.74) is 5.99. The van der Waals surface area contributed by atoms with Crippen molar-refractivity contribution in [1.82, 2.24) is 5.32 Å². The van der Waals surface area contributed by atoms with E-state index in [-0.39, 0.29) is 5.82 Å². The number of thioether (sulfide) groups is 1. The van der Waals surface area contributed by atoms with Crippen LogP contribution in [0.15, 0.2) is 29.3 Å². The molecule has 0 spiro atoms. The van der Waals surface area contributed by atoms with Crippen molar-refractivity contribution in [3.63, 3.8) is 0 Å². The Morgan fingerprint density at radius 1 is 1.47 bits per heavy atom. The van der Waals surface area contributed by atoms with Gasteiger partial charge in [0.05, 0.1) is 0 Å². The number of rotatable bonds is 1. The minimum atomic E-state index is -0.499. The van der Waals surface area contributed by atoms with Crippen molar-refractivity contribution < 1.29 is 4.39 Å². The molecule has 0 saturated carbocycles. The summed E-state index contributed by atoms with van der Waals surface area (Å²) in [4.78, 5) is 4.56. The first-order valence-electron chi connectivity index (χ1n) is 5.66. The van der Waals surface area contributed by atoms with E-state index in [2.05, 4.69) is 10.3 Å². The average Bonchev–Trinajstić information content (AvgIpc) is 2.73. The van der Waals surface area contributed by atoms with Gasteiger partial charge >= 0.3 is 0 Å². The molecule has 1 aromatic carbocycles. The Kier molecular flexibility index (Phi) is 2.60. The monoisotopic (exact) mass is 251 g/mol. The van der Waals surface area contributed by atoms with Gasteiger partial charge in [-0.1, -0.05) is 30.0 Å². The molecule has 0 bridgehead atoms. The lowest BCUT2D eigenvalue weighted by Gasteiger charge is -2.34. The third kappa shape index (κ3) is 1.65. The fraction of sp³-hybridized carbons (Fsp3) is 0.417. The molecule has 2 aliphatic heterocycles. The van der Waals surface area contributed by atoms with E-state index in [0.29, 0.717) is 23.2 Å². The van der Waals surface area contributed by atoms with E-state index >= 15 is 0 Å². The maximum absolute atomic E-state index is 14.0. The number of hydrogen-bond acceptors (Lipinski definition) is 4.